The molecule has 0 spiro atoms. The number of piperazine rings is 1. The average molecular weight is 248 g/mol. The molecule has 1 atom stereocenters. The lowest BCUT2D eigenvalue weighted by molar-refractivity contribution is 0.178. The molecule has 4 nitrogen and oxygen atoms in total. The predicted octanol–water partition coefficient (Wildman–Crippen LogP) is 1.20. The number of nitrogens with one attached hydrogen (secondary N) is 1. The fourth-order valence-electron chi connectivity index (χ4n) is 2.41. The van der Waals surface area contributed by atoms with E-state index >= 15 is 0 Å². The summed E-state index contributed by atoms with van der Waals surface area (Å²) in [6.45, 7) is 8.05. The Bertz CT molecular complexity index is 335. The van der Waals surface area contributed by atoms with Crippen molar-refractivity contribution in [2.45, 2.75) is 19.4 Å². The van der Waals surface area contributed by atoms with Gasteiger partial charge in [0, 0.05) is 63.9 Å². The molecule has 2 rings (SSSR count). The topological polar surface area (TPSA) is 31.4 Å². The molecular formula is C14H24N4. The summed E-state index contributed by atoms with van der Waals surface area (Å²) in [7, 11) is 2.15. The van der Waals surface area contributed by atoms with Crippen molar-refractivity contribution in [3.05, 3.63) is 24.5 Å². The Morgan fingerprint density at radius 1 is 1.33 bits per heavy atom. The summed E-state index contributed by atoms with van der Waals surface area (Å²) in [6, 6.07) is 4.79. The molecule has 0 aromatic carbocycles. The quantitative estimate of drug-likeness (QED) is 0.848. The van der Waals surface area contributed by atoms with Gasteiger partial charge in [0.1, 0.15) is 0 Å². The zero-order chi connectivity index (χ0) is 12.8. The van der Waals surface area contributed by atoms with Gasteiger partial charge in [-0.2, -0.15) is 0 Å². The maximum atomic E-state index is 4.05. The molecule has 18 heavy (non-hydrogen) atoms. The Balaban J connectivity index is 1.76. The molecule has 0 amide bonds. The largest absolute Gasteiger partial charge is 0.374 e. The summed E-state index contributed by atoms with van der Waals surface area (Å²) in [4.78, 5) is 8.94. The molecular weight excluding hydrogens is 224 g/mol. The normalized spacial score (nSPS) is 18.6. The van der Waals surface area contributed by atoms with E-state index in [4.69, 9.17) is 0 Å². The van der Waals surface area contributed by atoms with Crippen molar-refractivity contribution in [3.8, 4) is 0 Å². The van der Waals surface area contributed by atoms with Crippen LogP contribution in [0.15, 0.2) is 24.5 Å². The van der Waals surface area contributed by atoms with E-state index in [1.807, 2.05) is 12.4 Å². The monoisotopic (exact) mass is 248 g/mol. The van der Waals surface area contributed by atoms with Gasteiger partial charge in [-0.1, -0.05) is 0 Å². The maximum absolute atomic E-state index is 4.05. The van der Waals surface area contributed by atoms with Crippen molar-refractivity contribution in [1.82, 2.24) is 15.2 Å². The molecule has 1 unspecified atom stereocenters. The number of hydrogen-bond acceptors (Lipinski definition) is 4. The van der Waals surface area contributed by atoms with E-state index in [-0.39, 0.29) is 0 Å². The zero-order valence-electron chi connectivity index (χ0n) is 11.5. The summed E-state index contributed by atoms with van der Waals surface area (Å²) in [5.41, 5.74) is 1.25. The van der Waals surface area contributed by atoms with Gasteiger partial charge in [0.2, 0.25) is 0 Å². The third kappa shape index (κ3) is 3.68. The van der Waals surface area contributed by atoms with Crippen LogP contribution >= 0.6 is 0 Å². The van der Waals surface area contributed by atoms with Gasteiger partial charge < -0.3 is 10.2 Å². The Morgan fingerprint density at radius 2 is 2.00 bits per heavy atom. The van der Waals surface area contributed by atoms with Crippen LogP contribution in [0.1, 0.15) is 13.3 Å². The second-order valence-corrected chi connectivity index (χ2v) is 5.05. The van der Waals surface area contributed by atoms with Gasteiger partial charge in [0.25, 0.3) is 0 Å². The highest BCUT2D eigenvalue weighted by Gasteiger charge is 2.16. The predicted molar refractivity (Wildman–Crippen MR) is 76.0 cm³/mol. The first-order chi connectivity index (χ1) is 8.77. The molecule has 1 saturated heterocycles. The lowest BCUT2D eigenvalue weighted by Gasteiger charge is -2.33. The molecule has 0 saturated carbocycles. The molecule has 2 heterocycles. The number of aromatic nitrogens is 1. The van der Waals surface area contributed by atoms with Crippen LogP contribution in [-0.2, 0) is 0 Å². The molecule has 1 fully saturated rings. The minimum atomic E-state index is 0.663. The molecule has 1 aromatic heterocycles. The number of pyridine rings is 1. The Hall–Kier alpha value is -1.13. The standard InChI is InChI=1S/C14H24N4/c1-13(18-11-8-16-9-12-18)5-10-17(2)14-3-6-15-7-4-14/h3-4,6-7,13,16H,5,8-12H2,1-2H3. The average Bonchev–Trinajstić information content (AvgIpc) is 2.46. The molecule has 100 valence electrons. The summed E-state index contributed by atoms with van der Waals surface area (Å²) in [6.07, 6.45) is 4.91. The fourth-order valence-corrected chi connectivity index (χ4v) is 2.41. The van der Waals surface area contributed by atoms with E-state index in [2.05, 4.69) is 46.2 Å². The minimum Gasteiger partial charge on any atom is -0.374 e. The van der Waals surface area contributed by atoms with E-state index in [0.29, 0.717) is 6.04 Å². The van der Waals surface area contributed by atoms with Gasteiger partial charge >= 0.3 is 0 Å². The lowest BCUT2D eigenvalue weighted by Crippen LogP contribution is -2.48. The summed E-state index contributed by atoms with van der Waals surface area (Å²) >= 11 is 0. The van der Waals surface area contributed by atoms with Crippen molar-refractivity contribution in [2.75, 3.05) is 44.7 Å². The molecule has 1 aliphatic heterocycles. The third-order valence-corrected chi connectivity index (χ3v) is 3.76. The first kappa shape index (κ1) is 13.3. The third-order valence-electron chi connectivity index (χ3n) is 3.76. The summed E-state index contributed by atoms with van der Waals surface area (Å²) in [5.74, 6) is 0. The van der Waals surface area contributed by atoms with E-state index in [0.717, 1.165) is 19.6 Å². The zero-order valence-corrected chi connectivity index (χ0v) is 11.5. The van der Waals surface area contributed by atoms with Crippen LogP contribution in [0.25, 0.3) is 0 Å². The number of nitrogens with zero attached hydrogens (tertiary/aromatic N) is 3. The molecule has 1 aromatic rings. The van der Waals surface area contributed by atoms with Crippen molar-refractivity contribution < 1.29 is 0 Å². The number of anilines is 1. The van der Waals surface area contributed by atoms with E-state index in [1.165, 1.54) is 25.2 Å². The number of rotatable bonds is 5. The lowest BCUT2D eigenvalue weighted by atomic mass is 10.1. The van der Waals surface area contributed by atoms with Gasteiger partial charge in [-0.25, -0.2) is 0 Å². The van der Waals surface area contributed by atoms with Crippen molar-refractivity contribution in [2.24, 2.45) is 0 Å². The van der Waals surface area contributed by atoms with E-state index in [9.17, 15) is 0 Å². The van der Waals surface area contributed by atoms with E-state index in [1.54, 1.807) is 0 Å². The van der Waals surface area contributed by atoms with Crippen molar-refractivity contribution in [1.29, 1.82) is 0 Å². The summed E-state index contributed by atoms with van der Waals surface area (Å²) in [5, 5.41) is 3.40. The van der Waals surface area contributed by atoms with Crippen LogP contribution in [0, 0.1) is 0 Å². The van der Waals surface area contributed by atoms with Crippen LogP contribution in [-0.4, -0.2) is 55.7 Å². The van der Waals surface area contributed by atoms with Crippen molar-refractivity contribution >= 4 is 5.69 Å². The first-order valence-electron chi connectivity index (χ1n) is 6.83. The Morgan fingerprint density at radius 3 is 2.67 bits per heavy atom. The second kappa shape index (κ2) is 6.71. The highest BCUT2D eigenvalue weighted by atomic mass is 15.2. The molecule has 0 radical (unpaired) electrons. The van der Waals surface area contributed by atoms with Gasteiger partial charge in [-0.05, 0) is 25.5 Å². The van der Waals surface area contributed by atoms with Crippen molar-refractivity contribution in [3.63, 3.8) is 0 Å². The van der Waals surface area contributed by atoms with Crippen LogP contribution in [0.2, 0.25) is 0 Å². The van der Waals surface area contributed by atoms with Gasteiger partial charge in [0.15, 0.2) is 0 Å². The molecule has 4 heteroatoms. The number of hydrogen-bond donors (Lipinski definition) is 1. The van der Waals surface area contributed by atoms with Crippen LogP contribution in [0.4, 0.5) is 5.69 Å². The first-order valence-corrected chi connectivity index (χ1v) is 6.83. The van der Waals surface area contributed by atoms with Crippen LogP contribution in [0.3, 0.4) is 0 Å². The van der Waals surface area contributed by atoms with E-state index < -0.39 is 0 Å². The molecule has 1 aliphatic rings. The smallest absolute Gasteiger partial charge is 0.0394 e. The maximum Gasteiger partial charge on any atom is 0.0394 e. The van der Waals surface area contributed by atoms with Gasteiger partial charge in [-0.3, -0.25) is 9.88 Å². The SMILES string of the molecule is CC(CCN(C)c1ccncc1)N1CCNCC1. The highest BCUT2D eigenvalue weighted by molar-refractivity contribution is 5.43. The minimum absolute atomic E-state index is 0.663. The highest BCUT2D eigenvalue weighted by Crippen LogP contribution is 2.12. The van der Waals surface area contributed by atoms with Gasteiger partial charge in [0.05, 0.1) is 0 Å². The Kier molecular flexibility index (Phi) is 4.96. The Labute approximate surface area is 110 Å². The van der Waals surface area contributed by atoms with Gasteiger partial charge in [-0.15, -0.1) is 0 Å². The molecule has 0 bridgehead atoms. The van der Waals surface area contributed by atoms with Crippen LogP contribution in [0.5, 0.6) is 0 Å². The summed E-state index contributed by atoms with van der Waals surface area (Å²) < 4.78 is 0. The second-order valence-electron chi connectivity index (χ2n) is 5.05. The molecule has 1 N–H and O–H groups in total. The molecule has 0 aliphatic carbocycles. The van der Waals surface area contributed by atoms with Crippen LogP contribution < -0.4 is 10.2 Å². The fraction of sp³-hybridized carbons (Fsp3) is 0.643.